The van der Waals surface area contributed by atoms with Crippen LogP contribution in [0.3, 0.4) is 0 Å². The van der Waals surface area contributed by atoms with E-state index in [4.69, 9.17) is 4.52 Å². The molecule has 0 bridgehead atoms. The van der Waals surface area contributed by atoms with Crippen LogP contribution in [0.2, 0.25) is 0 Å². The number of nitrogens with zero attached hydrogens (tertiary/aromatic N) is 5. The SMILES string of the molecule is Cc1noc(C2CCCN(C(=O)c3cc(N4CCCC4)ccn3)C2)n1. The van der Waals surface area contributed by atoms with E-state index in [1.807, 2.05) is 24.0 Å². The highest BCUT2D eigenvalue weighted by molar-refractivity contribution is 5.93. The summed E-state index contributed by atoms with van der Waals surface area (Å²) >= 11 is 0. The Morgan fingerprint density at radius 3 is 2.84 bits per heavy atom. The van der Waals surface area contributed by atoms with Gasteiger partial charge in [0.25, 0.3) is 5.91 Å². The molecule has 4 rings (SSSR count). The molecule has 0 aromatic carbocycles. The first kappa shape index (κ1) is 16.1. The van der Waals surface area contributed by atoms with Gasteiger partial charge in [-0.1, -0.05) is 5.16 Å². The molecule has 7 heteroatoms. The Morgan fingerprint density at radius 1 is 1.24 bits per heavy atom. The Hall–Kier alpha value is -2.44. The second-order valence-electron chi connectivity index (χ2n) is 6.86. The third-order valence-corrected chi connectivity index (χ3v) is 5.03. The maximum Gasteiger partial charge on any atom is 0.272 e. The Labute approximate surface area is 147 Å². The van der Waals surface area contributed by atoms with Gasteiger partial charge in [-0.25, -0.2) is 0 Å². The van der Waals surface area contributed by atoms with Crippen molar-refractivity contribution in [2.75, 3.05) is 31.1 Å². The van der Waals surface area contributed by atoms with Crippen molar-refractivity contribution >= 4 is 11.6 Å². The fraction of sp³-hybridized carbons (Fsp3) is 0.556. The number of hydrogen-bond acceptors (Lipinski definition) is 6. The molecule has 2 fully saturated rings. The second kappa shape index (κ2) is 6.82. The van der Waals surface area contributed by atoms with Crippen molar-refractivity contribution in [1.29, 1.82) is 0 Å². The molecule has 0 N–H and O–H groups in total. The van der Waals surface area contributed by atoms with Crippen molar-refractivity contribution in [2.45, 2.75) is 38.5 Å². The molecule has 2 aromatic heterocycles. The number of rotatable bonds is 3. The van der Waals surface area contributed by atoms with Crippen LogP contribution in [0.1, 0.15) is 53.8 Å². The van der Waals surface area contributed by atoms with Crippen molar-refractivity contribution in [3.8, 4) is 0 Å². The predicted octanol–water partition coefficient (Wildman–Crippen LogP) is 2.39. The first-order valence-corrected chi connectivity index (χ1v) is 9.01. The number of anilines is 1. The topological polar surface area (TPSA) is 75.4 Å². The predicted molar refractivity (Wildman–Crippen MR) is 92.6 cm³/mol. The molecule has 4 heterocycles. The van der Waals surface area contributed by atoms with Crippen LogP contribution in [0.4, 0.5) is 5.69 Å². The van der Waals surface area contributed by atoms with Gasteiger partial charge in [0.15, 0.2) is 5.82 Å². The standard InChI is InChI=1S/C18H23N5O2/c1-13-20-17(25-21-13)14-5-4-10-23(12-14)18(24)16-11-15(6-7-19-16)22-8-2-3-9-22/h6-7,11,14H,2-5,8-10,12H2,1H3. The Balaban J connectivity index is 1.49. The summed E-state index contributed by atoms with van der Waals surface area (Å²) < 4.78 is 5.30. The molecule has 2 aromatic rings. The van der Waals surface area contributed by atoms with E-state index in [-0.39, 0.29) is 11.8 Å². The highest BCUT2D eigenvalue weighted by atomic mass is 16.5. The highest BCUT2D eigenvalue weighted by Gasteiger charge is 2.29. The smallest absolute Gasteiger partial charge is 0.272 e. The van der Waals surface area contributed by atoms with Crippen LogP contribution >= 0.6 is 0 Å². The molecule has 7 nitrogen and oxygen atoms in total. The van der Waals surface area contributed by atoms with Gasteiger partial charge >= 0.3 is 0 Å². The van der Waals surface area contributed by atoms with Crippen LogP contribution in [0.15, 0.2) is 22.9 Å². The largest absolute Gasteiger partial charge is 0.371 e. The van der Waals surface area contributed by atoms with Gasteiger partial charge in [-0.3, -0.25) is 9.78 Å². The molecule has 0 spiro atoms. The van der Waals surface area contributed by atoms with Crippen LogP contribution in [-0.4, -0.2) is 52.1 Å². The lowest BCUT2D eigenvalue weighted by molar-refractivity contribution is 0.0689. The molecule has 25 heavy (non-hydrogen) atoms. The number of carbonyl (C=O) groups is 1. The average Bonchev–Trinajstić information content (AvgIpc) is 3.33. The lowest BCUT2D eigenvalue weighted by Gasteiger charge is -2.31. The second-order valence-corrected chi connectivity index (χ2v) is 6.86. The van der Waals surface area contributed by atoms with Gasteiger partial charge in [-0.2, -0.15) is 4.98 Å². The molecule has 0 saturated carbocycles. The highest BCUT2D eigenvalue weighted by Crippen LogP contribution is 2.27. The van der Waals surface area contributed by atoms with E-state index >= 15 is 0 Å². The Kier molecular flexibility index (Phi) is 4.38. The zero-order valence-electron chi connectivity index (χ0n) is 14.5. The number of aryl methyl sites for hydroxylation is 1. The fourth-order valence-electron chi connectivity index (χ4n) is 3.71. The normalized spacial score (nSPS) is 20.9. The molecular formula is C18H23N5O2. The number of amides is 1. The maximum atomic E-state index is 12.9. The van der Waals surface area contributed by atoms with Crippen LogP contribution in [0.5, 0.6) is 0 Å². The summed E-state index contributed by atoms with van der Waals surface area (Å²) in [6, 6.07) is 3.91. The third kappa shape index (κ3) is 3.36. The van der Waals surface area contributed by atoms with Gasteiger partial charge in [-0.05, 0) is 44.7 Å². The van der Waals surface area contributed by atoms with Crippen LogP contribution < -0.4 is 4.90 Å². The molecule has 1 atom stereocenters. The first-order valence-electron chi connectivity index (χ1n) is 9.01. The lowest BCUT2D eigenvalue weighted by Crippen LogP contribution is -2.39. The van der Waals surface area contributed by atoms with E-state index in [9.17, 15) is 4.79 Å². The van der Waals surface area contributed by atoms with Crippen molar-refractivity contribution < 1.29 is 9.32 Å². The zero-order valence-corrected chi connectivity index (χ0v) is 14.5. The van der Waals surface area contributed by atoms with Gasteiger partial charge in [0.05, 0.1) is 5.92 Å². The van der Waals surface area contributed by atoms with Crippen LogP contribution in [-0.2, 0) is 0 Å². The summed E-state index contributed by atoms with van der Waals surface area (Å²) in [5.74, 6) is 1.37. The molecule has 2 aliphatic heterocycles. The summed E-state index contributed by atoms with van der Waals surface area (Å²) in [6.45, 7) is 5.28. The molecular weight excluding hydrogens is 318 g/mol. The number of aromatic nitrogens is 3. The monoisotopic (exact) mass is 341 g/mol. The van der Waals surface area contributed by atoms with Gasteiger partial charge in [0.2, 0.25) is 5.89 Å². The van der Waals surface area contributed by atoms with Crippen molar-refractivity contribution in [3.05, 3.63) is 35.7 Å². The molecule has 0 aliphatic carbocycles. The zero-order chi connectivity index (χ0) is 17.2. The Bertz CT molecular complexity index is 753. The van der Waals surface area contributed by atoms with Crippen molar-refractivity contribution in [2.24, 2.45) is 0 Å². The number of likely N-dealkylation sites (tertiary alicyclic amines) is 1. The van der Waals surface area contributed by atoms with Crippen LogP contribution in [0.25, 0.3) is 0 Å². The maximum absolute atomic E-state index is 12.9. The minimum atomic E-state index is -0.0121. The third-order valence-electron chi connectivity index (χ3n) is 5.03. The first-order chi connectivity index (χ1) is 12.2. The summed E-state index contributed by atoms with van der Waals surface area (Å²) in [7, 11) is 0. The van der Waals surface area contributed by atoms with Gasteiger partial charge in [-0.15, -0.1) is 0 Å². The van der Waals surface area contributed by atoms with E-state index in [2.05, 4.69) is 20.0 Å². The molecule has 2 aliphatic rings. The van der Waals surface area contributed by atoms with E-state index in [1.54, 1.807) is 6.20 Å². The van der Waals surface area contributed by atoms with E-state index < -0.39 is 0 Å². The molecule has 1 unspecified atom stereocenters. The number of pyridine rings is 1. The Morgan fingerprint density at radius 2 is 2.08 bits per heavy atom. The van der Waals surface area contributed by atoms with Gasteiger partial charge in [0.1, 0.15) is 5.69 Å². The summed E-state index contributed by atoms with van der Waals surface area (Å²) in [6.07, 6.45) is 6.06. The fourth-order valence-corrected chi connectivity index (χ4v) is 3.71. The minimum Gasteiger partial charge on any atom is -0.371 e. The summed E-state index contributed by atoms with van der Waals surface area (Å²) in [5, 5.41) is 3.87. The summed E-state index contributed by atoms with van der Waals surface area (Å²) in [4.78, 5) is 25.8. The number of carbonyl (C=O) groups excluding carboxylic acids is 1. The van der Waals surface area contributed by atoms with E-state index in [1.165, 1.54) is 12.8 Å². The number of hydrogen-bond donors (Lipinski definition) is 0. The molecule has 0 radical (unpaired) electrons. The number of piperidine rings is 1. The van der Waals surface area contributed by atoms with Crippen molar-refractivity contribution in [3.63, 3.8) is 0 Å². The van der Waals surface area contributed by atoms with Gasteiger partial charge in [0, 0.05) is 38.1 Å². The van der Waals surface area contributed by atoms with E-state index in [0.717, 1.165) is 38.2 Å². The minimum absolute atomic E-state index is 0.0121. The van der Waals surface area contributed by atoms with Crippen molar-refractivity contribution in [1.82, 2.24) is 20.0 Å². The van der Waals surface area contributed by atoms with E-state index in [0.29, 0.717) is 24.0 Å². The summed E-state index contributed by atoms with van der Waals surface area (Å²) in [5.41, 5.74) is 1.61. The molecule has 1 amide bonds. The molecule has 2 saturated heterocycles. The van der Waals surface area contributed by atoms with Crippen LogP contribution in [0, 0.1) is 6.92 Å². The van der Waals surface area contributed by atoms with Gasteiger partial charge < -0.3 is 14.3 Å². The average molecular weight is 341 g/mol. The quantitative estimate of drug-likeness (QED) is 0.853. The lowest BCUT2D eigenvalue weighted by atomic mass is 9.97. The molecule has 132 valence electrons.